The molecule has 1 N–H and O–H groups in total. The van der Waals surface area contributed by atoms with Gasteiger partial charge in [0, 0.05) is 37.6 Å². The highest BCUT2D eigenvalue weighted by Crippen LogP contribution is 2.28. The van der Waals surface area contributed by atoms with Gasteiger partial charge in [-0.1, -0.05) is 11.6 Å². The van der Waals surface area contributed by atoms with Gasteiger partial charge in [0.2, 0.25) is 0 Å². The molecule has 2 rings (SSSR count). The quantitative estimate of drug-likeness (QED) is 0.883. The maximum atomic E-state index is 14.0. The van der Waals surface area contributed by atoms with E-state index in [4.69, 9.17) is 16.7 Å². The maximum Gasteiger partial charge on any atom is 0.407 e. The summed E-state index contributed by atoms with van der Waals surface area (Å²) < 4.78 is 15.5. The number of hydrogen-bond donors (Lipinski definition) is 1. The molecule has 8 heteroatoms. The molecule has 0 spiro atoms. The minimum Gasteiger partial charge on any atom is -0.465 e. The molecule has 0 saturated carbocycles. The summed E-state index contributed by atoms with van der Waals surface area (Å²) in [6.07, 6.45) is 1.94. The summed E-state index contributed by atoms with van der Waals surface area (Å²) in [4.78, 5) is 15.6. The van der Waals surface area contributed by atoms with Gasteiger partial charge in [-0.25, -0.2) is 14.2 Å². The Balaban J connectivity index is 2.47. The van der Waals surface area contributed by atoms with Gasteiger partial charge in [-0.3, -0.25) is 4.68 Å². The number of carbonyl (C=O) groups is 1. The highest BCUT2D eigenvalue weighted by Gasteiger charge is 2.18. The number of halogens is 2. The molecule has 0 bridgehead atoms. The van der Waals surface area contributed by atoms with E-state index in [0.29, 0.717) is 11.3 Å². The van der Waals surface area contributed by atoms with E-state index >= 15 is 0 Å². The van der Waals surface area contributed by atoms with Crippen molar-refractivity contribution in [3.8, 4) is 11.3 Å². The van der Waals surface area contributed by atoms with E-state index in [1.807, 2.05) is 0 Å². The molecule has 0 aliphatic carbocycles. The Morgan fingerprint density at radius 1 is 1.60 bits per heavy atom. The Morgan fingerprint density at radius 3 is 2.95 bits per heavy atom. The minimum atomic E-state index is -1.08. The van der Waals surface area contributed by atoms with Crippen LogP contribution < -0.4 is 0 Å². The average molecular weight is 299 g/mol. The highest BCUT2D eigenvalue weighted by atomic mass is 35.5. The fourth-order valence-electron chi connectivity index (χ4n) is 1.80. The zero-order chi connectivity index (χ0) is 14.9. The minimum absolute atomic E-state index is 0.0951. The van der Waals surface area contributed by atoms with Gasteiger partial charge in [0.05, 0.1) is 6.54 Å². The van der Waals surface area contributed by atoms with Crippen molar-refractivity contribution in [1.82, 2.24) is 19.7 Å². The van der Waals surface area contributed by atoms with Crippen LogP contribution in [0.5, 0.6) is 0 Å². The smallest absolute Gasteiger partial charge is 0.407 e. The van der Waals surface area contributed by atoms with Crippen molar-refractivity contribution >= 4 is 17.7 Å². The first kappa shape index (κ1) is 14.3. The molecular weight excluding hydrogens is 287 g/mol. The van der Waals surface area contributed by atoms with Crippen molar-refractivity contribution in [2.45, 2.75) is 6.54 Å². The maximum absolute atomic E-state index is 14.0. The fourth-order valence-corrected chi connectivity index (χ4v) is 1.96. The summed E-state index contributed by atoms with van der Waals surface area (Å²) in [7, 11) is 3.10. The van der Waals surface area contributed by atoms with E-state index in [9.17, 15) is 9.18 Å². The van der Waals surface area contributed by atoms with Crippen molar-refractivity contribution in [2.75, 3.05) is 7.05 Å². The van der Waals surface area contributed by atoms with Crippen LogP contribution in [0.25, 0.3) is 11.3 Å². The number of rotatable bonds is 3. The third-order valence-corrected chi connectivity index (χ3v) is 3.00. The third kappa shape index (κ3) is 2.72. The summed E-state index contributed by atoms with van der Waals surface area (Å²) in [5, 5.41) is 12.8. The molecular formula is C12H12ClFN4O2. The topological polar surface area (TPSA) is 71.2 Å². The summed E-state index contributed by atoms with van der Waals surface area (Å²) >= 11 is 5.65. The van der Waals surface area contributed by atoms with E-state index in [2.05, 4.69) is 10.1 Å². The van der Waals surface area contributed by atoms with Crippen LogP contribution in [-0.4, -0.2) is 37.9 Å². The van der Waals surface area contributed by atoms with E-state index in [-0.39, 0.29) is 17.3 Å². The summed E-state index contributed by atoms with van der Waals surface area (Å²) in [6, 6.07) is 1.45. The Kier molecular flexibility index (Phi) is 3.89. The van der Waals surface area contributed by atoms with Crippen molar-refractivity contribution in [1.29, 1.82) is 0 Å². The lowest BCUT2D eigenvalue weighted by Crippen LogP contribution is -2.24. The summed E-state index contributed by atoms with van der Waals surface area (Å²) in [6.45, 7) is 0.0951. The zero-order valence-corrected chi connectivity index (χ0v) is 11.6. The molecule has 0 saturated heterocycles. The number of pyridine rings is 1. The molecule has 0 aliphatic heterocycles. The van der Waals surface area contributed by atoms with E-state index in [0.717, 1.165) is 4.90 Å². The molecule has 2 aromatic heterocycles. The summed E-state index contributed by atoms with van der Waals surface area (Å²) in [5.74, 6) is -0.674. The van der Waals surface area contributed by atoms with Gasteiger partial charge in [-0.2, -0.15) is 5.10 Å². The molecule has 0 fully saturated rings. The predicted molar refractivity (Wildman–Crippen MR) is 70.9 cm³/mol. The first-order chi connectivity index (χ1) is 9.40. The number of hydrogen-bond acceptors (Lipinski definition) is 3. The van der Waals surface area contributed by atoms with Crippen LogP contribution in [0.1, 0.15) is 5.56 Å². The standard InChI is InChI=1S/C12H12ClFN4O2/c1-17(12(19)20)5-7-6-18(2)16-10(7)8-3-4-15-11(13)9(8)14/h3-4,6H,5H2,1-2H3,(H,19,20). The van der Waals surface area contributed by atoms with Crippen molar-refractivity contribution in [3.63, 3.8) is 0 Å². The number of nitrogens with zero attached hydrogens (tertiary/aromatic N) is 4. The molecule has 0 radical (unpaired) electrons. The lowest BCUT2D eigenvalue weighted by Gasteiger charge is -2.12. The highest BCUT2D eigenvalue weighted by molar-refractivity contribution is 6.29. The van der Waals surface area contributed by atoms with Crippen LogP contribution in [0.2, 0.25) is 5.15 Å². The monoisotopic (exact) mass is 298 g/mol. The van der Waals surface area contributed by atoms with Crippen LogP contribution >= 0.6 is 11.6 Å². The predicted octanol–water partition coefficient (Wildman–Crippen LogP) is 2.38. The second-order valence-electron chi connectivity index (χ2n) is 4.28. The molecule has 0 unspecified atom stereocenters. The van der Waals surface area contributed by atoms with Gasteiger partial charge in [0.1, 0.15) is 5.69 Å². The molecule has 0 aliphatic rings. The largest absolute Gasteiger partial charge is 0.465 e. The second-order valence-corrected chi connectivity index (χ2v) is 4.64. The molecule has 20 heavy (non-hydrogen) atoms. The van der Waals surface area contributed by atoms with Gasteiger partial charge in [-0.05, 0) is 6.07 Å². The zero-order valence-electron chi connectivity index (χ0n) is 10.8. The molecule has 106 valence electrons. The number of aromatic nitrogens is 3. The molecule has 1 amide bonds. The summed E-state index contributed by atoms with van der Waals surface area (Å²) in [5.41, 5.74) is 1.13. The van der Waals surface area contributed by atoms with Gasteiger partial charge in [0.15, 0.2) is 11.0 Å². The van der Waals surface area contributed by atoms with Crippen LogP contribution in [0, 0.1) is 5.82 Å². The number of carboxylic acid groups (broad SMARTS) is 1. The van der Waals surface area contributed by atoms with Crippen molar-refractivity contribution < 1.29 is 14.3 Å². The first-order valence-corrected chi connectivity index (χ1v) is 6.05. The Morgan fingerprint density at radius 2 is 2.30 bits per heavy atom. The van der Waals surface area contributed by atoms with Crippen molar-refractivity contribution in [3.05, 3.63) is 35.0 Å². The van der Waals surface area contributed by atoms with Crippen LogP contribution in [0.15, 0.2) is 18.5 Å². The fraction of sp³-hybridized carbons (Fsp3) is 0.250. The molecule has 0 atom stereocenters. The Bertz CT molecular complexity index is 659. The van der Waals surface area contributed by atoms with E-state index < -0.39 is 11.9 Å². The van der Waals surface area contributed by atoms with E-state index in [1.54, 1.807) is 13.2 Å². The van der Waals surface area contributed by atoms with Crippen LogP contribution in [-0.2, 0) is 13.6 Å². The molecule has 0 aromatic carbocycles. The number of amides is 1. The van der Waals surface area contributed by atoms with Crippen LogP contribution in [0.3, 0.4) is 0 Å². The second kappa shape index (κ2) is 5.46. The SMILES string of the molecule is CN(Cc1cn(C)nc1-c1ccnc(Cl)c1F)C(=O)O. The normalized spacial score (nSPS) is 10.6. The Labute approximate surface area is 119 Å². The average Bonchev–Trinajstić information content (AvgIpc) is 2.73. The van der Waals surface area contributed by atoms with Gasteiger partial charge < -0.3 is 10.0 Å². The van der Waals surface area contributed by atoms with Crippen LogP contribution in [0.4, 0.5) is 9.18 Å². The van der Waals surface area contributed by atoms with Crippen molar-refractivity contribution in [2.24, 2.45) is 7.05 Å². The molecule has 2 aromatic rings. The first-order valence-electron chi connectivity index (χ1n) is 5.67. The van der Waals surface area contributed by atoms with Gasteiger partial charge in [-0.15, -0.1) is 0 Å². The third-order valence-electron chi connectivity index (χ3n) is 2.74. The lowest BCUT2D eigenvalue weighted by molar-refractivity contribution is 0.154. The lowest BCUT2D eigenvalue weighted by atomic mass is 10.1. The molecule has 2 heterocycles. The number of aryl methyl sites for hydroxylation is 1. The van der Waals surface area contributed by atoms with Gasteiger partial charge >= 0.3 is 6.09 Å². The van der Waals surface area contributed by atoms with Gasteiger partial charge in [0.25, 0.3) is 0 Å². The Hall–Kier alpha value is -2.15. The van der Waals surface area contributed by atoms with E-state index in [1.165, 1.54) is 24.0 Å². The molecule has 6 nitrogen and oxygen atoms in total.